The number of carbonyl (C=O) groups is 1. The van der Waals surface area contributed by atoms with E-state index in [1.54, 1.807) is 12.1 Å². The number of aryl methyl sites for hydroxylation is 1. The second-order valence-corrected chi connectivity index (χ2v) is 6.25. The van der Waals surface area contributed by atoms with Crippen LogP contribution in [0.25, 0.3) is 0 Å². The molecule has 1 aromatic heterocycles. The van der Waals surface area contributed by atoms with Gasteiger partial charge in [-0.15, -0.1) is 5.10 Å². The van der Waals surface area contributed by atoms with Gasteiger partial charge in [-0.05, 0) is 56.2 Å². The first-order valence-corrected chi connectivity index (χ1v) is 8.11. The van der Waals surface area contributed by atoms with Crippen molar-refractivity contribution >= 4 is 29.0 Å². The van der Waals surface area contributed by atoms with Crippen LogP contribution in [0.5, 0.6) is 0 Å². The number of hydrogen-bond acceptors (Lipinski definition) is 4. The molecule has 1 saturated heterocycles. The number of hydrogen-bond donors (Lipinski definition) is 1. The Labute approximate surface area is 140 Å². The molecule has 1 unspecified atom stereocenters. The van der Waals surface area contributed by atoms with Crippen LogP contribution in [0.3, 0.4) is 0 Å². The van der Waals surface area contributed by atoms with E-state index in [4.69, 9.17) is 11.6 Å². The summed E-state index contributed by atoms with van der Waals surface area (Å²) in [5.41, 5.74) is 1.66. The van der Waals surface area contributed by atoms with E-state index >= 15 is 0 Å². The molecule has 1 N–H and O–H groups in total. The molecule has 23 heavy (non-hydrogen) atoms. The molecule has 0 saturated carbocycles. The van der Waals surface area contributed by atoms with Crippen LogP contribution in [-0.2, 0) is 4.79 Å². The lowest BCUT2D eigenvalue weighted by Gasteiger charge is -2.32. The summed E-state index contributed by atoms with van der Waals surface area (Å²) in [6.07, 6.45) is 1.85. The van der Waals surface area contributed by atoms with Crippen molar-refractivity contribution in [2.75, 3.05) is 23.3 Å². The maximum Gasteiger partial charge on any atom is 0.229 e. The van der Waals surface area contributed by atoms with E-state index in [-0.39, 0.29) is 11.8 Å². The molecule has 1 aliphatic rings. The number of aromatic nitrogens is 2. The van der Waals surface area contributed by atoms with E-state index in [0.717, 1.165) is 36.6 Å². The van der Waals surface area contributed by atoms with Crippen molar-refractivity contribution in [1.82, 2.24) is 10.2 Å². The van der Waals surface area contributed by atoms with E-state index in [1.807, 2.05) is 31.2 Å². The molecule has 120 valence electrons. The monoisotopic (exact) mass is 330 g/mol. The zero-order valence-electron chi connectivity index (χ0n) is 13.0. The van der Waals surface area contributed by atoms with Gasteiger partial charge >= 0.3 is 0 Å². The van der Waals surface area contributed by atoms with Crippen LogP contribution >= 0.6 is 11.6 Å². The topological polar surface area (TPSA) is 58.1 Å². The molecule has 1 aromatic carbocycles. The highest BCUT2D eigenvalue weighted by Crippen LogP contribution is 2.23. The van der Waals surface area contributed by atoms with Gasteiger partial charge in [0.1, 0.15) is 0 Å². The van der Waals surface area contributed by atoms with Gasteiger partial charge in [-0.25, -0.2) is 0 Å². The Morgan fingerprint density at radius 1 is 1.22 bits per heavy atom. The van der Waals surface area contributed by atoms with Crippen molar-refractivity contribution < 1.29 is 4.79 Å². The van der Waals surface area contributed by atoms with Gasteiger partial charge in [0.05, 0.1) is 11.6 Å². The SMILES string of the molecule is Cc1ccc(N2CCCC(C(=O)Nc3ccc(Cl)cc3)C2)nn1. The molecular formula is C17H19ClN4O. The molecule has 0 bridgehead atoms. The molecule has 1 amide bonds. The predicted octanol–water partition coefficient (Wildman–Crippen LogP) is 3.29. The molecule has 5 nitrogen and oxygen atoms in total. The number of piperidine rings is 1. The smallest absolute Gasteiger partial charge is 0.229 e. The maximum atomic E-state index is 12.5. The summed E-state index contributed by atoms with van der Waals surface area (Å²) in [5, 5.41) is 11.9. The van der Waals surface area contributed by atoms with Crippen LogP contribution in [0.1, 0.15) is 18.5 Å². The van der Waals surface area contributed by atoms with E-state index in [9.17, 15) is 4.79 Å². The van der Waals surface area contributed by atoms with Gasteiger partial charge in [0, 0.05) is 23.8 Å². The zero-order valence-corrected chi connectivity index (χ0v) is 13.8. The van der Waals surface area contributed by atoms with Gasteiger partial charge in [0.2, 0.25) is 5.91 Å². The number of nitrogens with zero attached hydrogens (tertiary/aromatic N) is 3. The first-order chi connectivity index (χ1) is 11.1. The first-order valence-electron chi connectivity index (χ1n) is 7.73. The van der Waals surface area contributed by atoms with Gasteiger partial charge in [0.15, 0.2) is 5.82 Å². The van der Waals surface area contributed by atoms with Crippen LogP contribution < -0.4 is 10.2 Å². The van der Waals surface area contributed by atoms with Gasteiger partial charge in [-0.1, -0.05) is 11.6 Å². The summed E-state index contributed by atoms with van der Waals surface area (Å²) in [4.78, 5) is 14.6. The average Bonchev–Trinajstić information content (AvgIpc) is 2.58. The van der Waals surface area contributed by atoms with Crippen molar-refractivity contribution in [3.63, 3.8) is 0 Å². The summed E-state index contributed by atoms with van der Waals surface area (Å²) >= 11 is 5.86. The van der Waals surface area contributed by atoms with E-state index in [1.165, 1.54) is 0 Å². The largest absolute Gasteiger partial charge is 0.354 e. The van der Waals surface area contributed by atoms with Crippen LogP contribution in [0.15, 0.2) is 36.4 Å². The van der Waals surface area contributed by atoms with E-state index in [0.29, 0.717) is 11.6 Å². The number of amides is 1. The Balaban J connectivity index is 1.64. The fourth-order valence-electron chi connectivity index (χ4n) is 2.74. The molecule has 1 aliphatic heterocycles. The quantitative estimate of drug-likeness (QED) is 0.938. The number of benzene rings is 1. The molecule has 2 heterocycles. The van der Waals surface area contributed by atoms with Crippen molar-refractivity contribution in [2.45, 2.75) is 19.8 Å². The van der Waals surface area contributed by atoms with Gasteiger partial charge in [-0.2, -0.15) is 5.10 Å². The first kappa shape index (κ1) is 15.7. The summed E-state index contributed by atoms with van der Waals surface area (Å²) in [5.74, 6) is 0.819. The zero-order chi connectivity index (χ0) is 16.2. The van der Waals surface area contributed by atoms with Crippen LogP contribution in [0.4, 0.5) is 11.5 Å². The van der Waals surface area contributed by atoms with Crippen molar-refractivity contribution in [2.24, 2.45) is 5.92 Å². The molecule has 2 aromatic rings. The minimum Gasteiger partial charge on any atom is -0.354 e. The van der Waals surface area contributed by atoms with Gasteiger partial charge in [-0.3, -0.25) is 4.79 Å². The fourth-order valence-corrected chi connectivity index (χ4v) is 2.86. The third-order valence-electron chi connectivity index (χ3n) is 4.01. The fraction of sp³-hybridized carbons (Fsp3) is 0.353. The standard InChI is InChI=1S/C17H19ClN4O/c1-12-4-9-16(21-20-12)22-10-2-3-13(11-22)17(23)19-15-7-5-14(18)6-8-15/h4-9,13H,2-3,10-11H2,1H3,(H,19,23). The minimum atomic E-state index is -0.0532. The lowest BCUT2D eigenvalue weighted by Crippen LogP contribution is -2.41. The van der Waals surface area contributed by atoms with Crippen LogP contribution in [-0.4, -0.2) is 29.2 Å². The van der Waals surface area contributed by atoms with Crippen molar-refractivity contribution in [3.05, 3.63) is 47.1 Å². The number of carbonyl (C=O) groups excluding carboxylic acids is 1. The lowest BCUT2D eigenvalue weighted by molar-refractivity contribution is -0.120. The molecule has 0 radical (unpaired) electrons. The summed E-state index contributed by atoms with van der Waals surface area (Å²) in [7, 11) is 0. The third kappa shape index (κ3) is 3.99. The molecule has 0 aliphatic carbocycles. The van der Waals surface area contributed by atoms with Crippen molar-refractivity contribution in [3.8, 4) is 0 Å². The highest BCUT2D eigenvalue weighted by molar-refractivity contribution is 6.30. The highest BCUT2D eigenvalue weighted by atomic mass is 35.5. The normalized spacial score (nSPS) is 17.8. The lowest BCUT2D eigenvalue weighted by atomic mass is 9.97. The number of nitrogens with one attached hydrogen (secondary N) is 1. The Bertz CT molecular complexity index is 672. The van der Waals surface area contributed by atoms with E-state index in [2.05, 4.69) is 20.4 Å². The number of halogens is 1. The Hall–Kier alpha value is -2.14. The molecule has 0 spiro atoms. The highest BCUT2D eigenvalue weighted by Gasteiger charge is 2.26. The minimum absolute atomic E-state index is 0.0390. The second-order valence-electron chi connectivity index (χ2n) is 5.81. The molecule has 3 rings (SSSR count). The Morgan fingerprint density at radius 2 is 2.00 bits per heavy atom. The average molecular weight is 331 g/mol. The molecular weight excluding hydrogens is 312 g/mol. The number of rotatable bonds is 3. The van der Waals surface area contributed by atoms with Crippen LogP contribution in [0.2, 0.25) is 5.02 Å². The molecule has 1 atom stereocenters. The van der Waals surface area contributed by atoms with Crippen LogP contribution in [0, 0.1) is 12.8 Å². The third-order valence-corrected chi connectivity index (χ3v) is 4.26. The number of anilines is 2. The maximum absolute atomic E-state index is 12.5. The Kier molecular flexibility index (Phi) is 4.76. The van der Waals surface area contributed by atoms with Gasteiger partial charge in [0.25, 0.3) is 0 Å². The Morgan fingerprint density at radius 3 is 2.70 bits per heavy atom. The summed E-state index contributed by atoms with van der Waals surface area (Å²) in [6.45, 7) is 3.48. The van der Waals surface area contributed by atoms with E-state index < -0.39 is 0 Å². The molecule has 6 heteroatoms. The summed E-state index contributed by atoms with van der Waals surface area (Å²) < 4.78 is 0. The summed E-state index contributed by atoms with van der Waals surface area (Å²) in [6, 6.07) is 11.1. The van der Waals surface area contributed by atoms with Gasteiger partial charge < -0.3 is 10.2 Å². The predicted molar refractivity (Wildman–Crippen MR) is 91.8 cm³/mol. The second kappa shape index (κ2) is 6.96. The van der Waals surface area contributed by atoms with Crippen molar-refractivity contribution in [1.29, 1.82) is 0 Å². The molecule has 1 fully saturated rings.